The molecule has 4 heterocycles. The third kappa shape index (κ3) is 3.19. The molecule has 7 nitrogen and oxygen atoms in total. The number of ether oxygens (including phenoxy) is 1. The number of aryl methyl sites for hydroxylation is 2. The Bertz CT molecular complexity index is 1540. The average Bonchev–Trinajstić information content (AvgIpc) is 3.43. The minimum absolute atomic E-state index is 0.0000397. The number of pyridine rings is 2. The van der Waals surface area contributed by atoms with E-state index in [0.717, 1.165) is 46.5 Å². The molecule has 1 aliphatic heterocycles. The van der Waals surface area contributed by atoms with Crippen LogP contribution in [-0.2, 0) is 13.0 Å². The number of rotatable bonds is 1. The summed E-state index contributed by atoms with van der Waals surface area (Å²) in [7, 11) is 0. The monoisotopic (exact) mass is 466 g/mol. The normalized spacial score (nSPS) is 17.8. The van der Waals surface area contributed by atoms with E-state index in [1.54, 1.807) is 18.5 Å². The zero-order valence-corrected chi connectivity index (χ0v) is 19.4. The van der Waals surface area contributed by atoms with Crippen molar-refractivity contribution in [2.45, 2.75) is 45.3 Å². The topological polar surface area (TPSA) is 103 Å². The first-order valence-corrected chi connectivity index (χ1v) is 11.7. The van der Waals surface area contributed by atoms with Crippen LogP contribution in [0.15, 0.2) is 42.7 Å². The van der Waals surface area contributed by atoms with Crippen molar-refractivity contribution in [3.63, 3.8) is 0 Å². The fourth-order valence-electron chi connectivity index (χ4n) is 5.51. The van der Waals surface area contributed by atoms with Crippen molar-refractivity contribution in [1.29, 1.82) is 5.26 Å². The predicted molar refractivity (Wildman–Crippen MR) is 129 cm³/mol. The minimum Gasteiger partial charge on any atom is -0.482 e. The van der Waals surface area contributed by atoms with Gasteiger partial charge in [0, 0.05) is 47.1 Å². The lowest BCUT2D eigenvalue weighted by molar-refractivity contribution is 0.227. The van der Waals surface area contributed by atoms with E-state index in [1.165, 1.54) is 12.1 Å². The number of aromatic nitrogens is 4. The number of nitrogen functional groups attached to an aromatic ring is 1. The van der Waals surface area contributed by atoms with Crippen LogP contribution in [0.5, 0.6) is 5.75 Å². The molecule has 0 saturated carbocycles. The second-order valence-corrected chi connectivity index (χ2v) is 8.95. The summed E-state index contributed by atoms with van der Waals surface area (Å²) < 4.78 is 22.8. The van der Waals surface area contributed by atoms with E-state index < -0.39 is 6.10 Å². The van der Waals surface area contributed by atoms with Gasteiger partial charge >= 0.3 is 0 Å². The molecule has 1 aliphatic carbocycles. The molecule has 1 unspecified atom stereocenters. The molecule has 2 atom stereocenters. The Balaban J connectivity index is 1.74. The maximum Gasteiger partial charge on any atom is 0.166 e. The quantitative estimate of drug-likeness (QED) is 0.416. The fourth-order valence-corrected chi connectivity index (χ4v) is 5.51. The highest BCUT2D eigenvalue weighted by atomic mass is 19.1. The van der Waals surface area contributed by atoms with Crippen molar-refractivity contribution < 1.29 is 9.13 Å². The molecule has 8 heteroatoms. The number of nitriles is 1. The summed E-state index contributed by atoms with van der Waals surface area (Å²) in [5.74, 6) is 0.292. The number of nitrogens with zero attached hydrogens (tertiary/aromatic N) is 5. The van der Waals surface area contributed by atoms with Gasteiger partial charge in [0.25, 0.3) is 0 Å². The Labute approximate surface area is 202 Å². The van der Waals surface area contributed by atoms with Crippen LogP contribution in [0.25, 0.3) is 22.4 Å². The molecular weight excluding hydrogens is 443 g/mol. The number of halogens is 1. The highest BCUT2D eigenvalue weighted by Crippen LogP contribution is 2.48. The van der Waals surface area contributed by atoms with Crippen LogP contribution in [0.4, 0.5) is 10.2 Å². The third-order valence-electron chi connectivity index (χ3n) is 7.03. The van der Waals surface area contributed by atoms with E-state index in [0.29, 0.717) is 29.1 Å². The maximum absolute atomic E-state index is 14.5. The van der Waals surface area contributed by atoms with Gasteiger partial charge in [-0.1, -0.05) is 6.07 Å². The summed E-state index contributed by atoms with van der Waals surface area (Å²) in [6, 6.07) is 10.7. The van der Waals surface area contributed by atoms with Gasteiger partial charge < -0.3 is 10.5 Å². The Morgan fingerprint density at radius 3 is 2.89 bits per heavy atom. The number of fused-ring (bicyclic) bond motifs is 7. The molecule has 4 aromatic rings. The molecular formula is C27H23FN6O. The van der Waals surface area contributed by atoms with Crippen molar-refractivity contribution in [3.05, 3.63) is 76.6 Å². The molecule has 2 bridgehead atoms. The molecule has 0 fully saturated rings. The van der Waals surface area contributed by atoms with Gasteiger partial charge in [0.1, 0.15) is 23.7 Å². The van der Waals surface area contributed by atoms with Gasteiger partial charge in [-0.3, -0.25) is 4.68 Å². The largest absolute Gasteiger partial charge is 0.482 e. The summed E-state index contributed by atoms with van der Waals surface area (Å²) >= 11 is 0. The molecule has 174 valence electrons. The van der Waals surface area contributed by atoms with Gasteiger partial charge in [-0.25, -0.2) is 14.4 Å². The Morgan fingerprint density at radius 2 is 2.09 bits per heavy atom. The zero-order valence-electron chi connectivity index (χ0n) is 19.4. The van der Waals surface area contributed by atoms with Crippen molar-refractivity contribution in [2.24, 2.45) is 0 Å². The molecule has 0 spiro atoms. The zero-order chi connectivity index (χ0) is 24.3. The van der Waals surface area contributed by atoms with Crippen LogP contribution in [0.2, 0.25) is 0 Å². The van der Waals surface area contributed by atoms with Crippen LogP contribution in [0.3, 0.4) is 0 Å². The second kappa shape index (κ2) is 7.91. The molecule has 2 N–H and O–H groups in total. The minimum atomic E-state index is -0.561. The lowest BCUT2D eigenvalue weighted by Gasteiger charge is -2.25. The molecule has 3 aromatic heterocycles. The van der Waals surface area contributed by atoms with Crippen molar-refractivity contribution in [3.8, 4) is 34.2 Å². The molecule has 0 amide bonds. The smallest absolute Gasteiger partial charge is 0.166 e. The van der Waals surface area contributed by atoms with Crippen LogP contribution >= 0.6 is 0 Å². The van der Waals surface area contributed by atoms with Crippen molar-refractivity contribution in [1.82, 2.24) is 19.7 Å². The number of benzene rings is 1. The SMILES string of the molecule is CCn1nc2c3c1-c1cnc(N)c(c1)O[C@H](C)c1cc(F)ccc1-c1c(ccnc1C#N)C3CC2. The second-order valence-electron chi connectivity index (χ2n) is 8.95. The number of nitrogens with two attached hydrogens (primary N) is 1. The molecule has 6 rings (SSSR count). The van der Waals surface area contributed by atoms with Crippen LogP contribution in [0, 0.1) is 17.1 Å². The lowest BCUT2D eigenvalue weighted by Crippen LogP contribution is -2.12. The van der Waals surface area contributed by atoms with Gasteiger partial charge in [0.05, 0.1) is 11.4 Å². The van der Waals surface area contributed by atoms with Crippen molar-refractivity contribution in [2.75, 3.05) is 5.73 Å². The first-order valence-electron chi connectivity index (χ1n) is 11.7. The highest BCUT2D eigenvalue weighted by molar-refractivity contribution is 5.79. The lowest BCUT2D eigenvalue weighted by atomic mass is 9.83. The van der Waals surface area contributed by atoms with Gasteiger partial charge in [-0.15, -0.1) is 0 Å². The first kappa shape index (κ1) is 21.3. The van der Waals surface area contributed by atoms with Crippen LogP contribution < -0.4 is 10.5 Å². The Kier molecular flexibility index (Phi) is 4.81. The van der Waals surface area contributed by atoms with Crippen molar-refractivity contribution >= 4 is 5.82 Å². The first-order chi connectivity index (χ1) is 17.0. The van der Waals surface area contributed by atoms with Crippen LogP contribution in [0.1, 0.15) is 60.4 Å². The number of hydrogen-bond donors (Lipinski definition) is 1. The summed E-state index contributed by atoms with van der Waals surface area (Å²) in [4.78, 5) is 8.80. The van der Waals surface area contributed by atoms with E-state index in [2.05, 4.69) is 23.0 Å². The maximum atomic E-state index is 14.5. The van der Waals surface area contributed by atoms with E-state index >= 15 is 0 Å². The Hall–Kier alpha value is -4.25. The third-order valence-corrected chi connectivity index (χ3v) is 7.03. The summed E-state index contributed by atoms with van der Waals surface area (Å²) in [6.07, 6.45) is 4.54. The van der Waals surface area contributed by atoms with E-state index in [9.17, 15) is 9.65 Å². The fraction of sp³-hybridized carbons (Fsp3) is 0.259. The van der Waals surface area contributed by atoms with E-state index in [-0.39, 0.29) is 17.6 Å². The van der Waals surface area contributed by atoms with Gasteiger partial charge in [-0.2, -0.15) is 10.4 Å². The molecule has 35 heavy (non-hydrogen) atoms. The standard InChI is InChI=1S/C27H23FN6O/c1-3-34-26-15-10-23(27(30)32-13-15)35-14(2)20-11-16(28)4-5-18(20)24-19(8-9-31-22(24)12-29)17-6-7-21(33-34)25(17)26/h4-5,8-11,13-14,17H,3,6-7H2,1-2H3,(H2,30,32)/t14-,17?/m1/s1. The average molecular weight is 467 g/mol. The molecule has 0 saturated heterocycles. The molecule has 2 aliphatic rings. The van der Waals surface area contributed by atoms with E-state index in [4.69, 9.17) is 15.6 Å². The summed E-state index contributed by atoms with van der Waals surface area (Å²) in [6.45, 7) is 4.60. The highest BCUT2D eigenvalue weighted by Gasteiger charge is 2.35. The van der Waals surface area contributed by atoms with Gasteiger partial charge in [0.2, 0.25) is 0 Å². The van der Waals surface area contributed by atoms with Crippen LogP contribution in [-0.4, -0.2) is 19.7 Å². The summed E-state index contributed by atoms with van der Waals surface area (Å²) in [5.41, 5.74) is 13.5. The molecule has 0 radical (unpaired) electrons. The van der Waals surface area contributed by atoms with E-state index in [1.807, 2.05) is 23.7 Å². The molecule has 1 aromatic carbocycles. The van der Waals surface area contributed by atoms with Gasteiger partial charge in [0.15, 0.2) is 11.6 Å². The number of hydrogen-bond acceptors (Lipinski definition) is 6. The Morgan fingerprint density at radius 1 is 1.23 bits per heavy atom. The number of anilines is 1. The van der Waals surface area contributed by atoms with Gasteiger partial charge in [-0.05, 0) is 62.1 Å². The summed E-state index contributed by atoms with van der Waals surface area (Å²) in [5, 5.41) is 14.9. The predicted octanol–water partition coefficient (Wildman–Crippen LogP) is 5.15.